The molecule has 0 bridgehead atoms. The van der Waals surface area contributed by atoms with Gasteiger partial charge in [0.2, 0.25) is 11.7 Å². The Hall–Kier alpha value is -3.81. The smallest absolute Gasteiger partial charge is 0.267 e. The molecule has 0 radical (unpaired) electrons. The molecule has 0 aliphatic rings. The number of nitrogens with zero attached hydrogens (tertiary/aromatic N) is 5. The Morgan fingerprint density at radius 2 is 2.08 bits per heavy atom. The Bertz CT molecular complexity index is 1270. The molecule has 4 aromatic heterocycles. The number of para-hydroxylation sites is 1. The molecule has 0 atom stereocenters. The largest absolute Gasteiger partial charge is 0.419 e. The maximum Gasteiger partial charge on any atom is 0.267 e. The number of nitrogens with one attached hydrogen (secondary N) is 1. The SMILES string of the molecule is O=c1[nH]c2ccccc2cc1Cc1nnc(-c2cn3cccnc3n2)o1. The van der Waals surface area contributed by atoms with Crippen LogP contribution in [-0.4, -0.2) is 29.5 Å². The van der Waals surface area contributed by atoms with E-state index in [1.165, 1.54) is 0 Å². The predicted molar refractivity (Wildman–Crippen MR) is 93.7 cm³/mol. The average molecular weight is 344 g/mol. The summed E-state index contributed by atoms with van der Waals surface area (Å²) in [5.74, 6) is 1.20. The van der Waals surface area contributed by atoms with Crippen LogP contribution in [0.4, 0.5) is 0 Å². The lowest BCUT2D eigenvalue weighted by Crippen LogP contribution is -2.12. The lowest BCUT2D eigenvalue weighted by atomic mass is 10.1. The van der Waals surface area contributed by atoms with E-state index in [1.54, 1.807) is 16.8 Å². The van der Waals surface area contributed by atoms with Crippen LogP contribution in [0.2, 0.25) is 0 Å². The molecule has 0 saturated heterocycles. The van der Waals surface area contributed by atoms with Crippen LogP contribution < -0.4 is 5.56 Å². The Balaban J connectivity index is 1.49. The van der Waals surface area contributed by atoms with Gasteiger partial charge in [0.1, 0.15) is 5.69 Å². The van der Waals surface area contributed by atoms with Crippen LogP contribution in [-0.2, 0) is 6.42 Å². The van der Waals surface area contributed by atoms with Gasteiger partial charge in [-0.15, -0.1) is 10.2 Å². The summed E-state index contributed by atoms with van der Waals surface area (Å²) < 4.78 is 7.46. The van der Waals surface area contributed by atoms with E-state index in [4.69, 9.17) is 4.42 Å². The quantitative estimate of drug-likeness (QED) is 0.538. The Labute approximate surface area is 146 Å². The van der Waals surface area contributed by atoms with E-state index in [0.717, 1.165) is 10.9 Å². The van der Waals surface area contributed by atoms with Crippen molar-refractivity contribution in [3.63, 3.8) is 0 Å². The number of H-pyrrole nitrogens is 1. The molecule has 26 heavy (non-hydrogen) atoms. The van der Waals surface area contributed by atoms with E-state index in [9.17, 15) is 4.79 Å². The van der Waals surface area contributed by atoms with Gasteiger partial charge >= 0.3 is 0 Å². The van der Waals surface area contributed by atoms with Crippen molar-refractivity contribution < 1.29 is 4.42 Å². The third kappa shape index (κ3) is 2.44. The first-order chi connectivity index (χ1) is 12.8. The van der Waals surface area contributed by atoms with Gasteiger partial charge in [-0.2, -0.15) is 0 Å². The highest BCUT2D eigenvalue weighted by molar-refractivity contribution is 5.78. The highest BCUT2D eigenvalue weighted by atomic mass is 16.4. The van der Waals surface area contributed by atoms with Crippen molar-refractivity contribution in [1.29, 1.82) is 0 Å². The van der Waals surface area contributed by atoms with E-state index in [0.29, 0.717) is 28.8 Å². The molecule has 1 N–H and O–H groups in total. The summed E-state index contributed by atoms with van der Waals surface area (Å²) in [4.78, 5) is 23.6. The molecule has 8 heteroatoms. The van der Waals surface area contributed by atoms with E-state index in [2.05, 4.69) is 25.1 Å². The van der Waals surface area contributed by atoms with Gasteiger partial charge in [0.05, 0.1) is 6.42 Å². The fraction of sp³-hybridized carbons (Fsp3) is 0.0556. The molecular formula is C18H12N6O2. The van der Waals surface area contributed by atoms with Crippen molar-refractivity contribution in [2.75, 3.05) is 0 Å². The first-order valence-electron chi connectivity index (χ1n) is 8.00. The fourth-order valence-corrected chi connectivity index (χ4v) is 2.85. The summed E-state index contributed by atoms with van der Waals surface area (Å²) in [6, 6.07) is 11.3. The molecule has 126 valence electrons. The van der Waals surface area contributed by atoms with Gasteiger partial charge in [0.25, 0.3) is 11.4 Å². The second kappa shape index (κ2) is 5.62. The van der Waals surface area contributed by atoms with Gasteiger partial charge in [-0.25, -0.2) is 9.97 Å². The molecule has 4 heterocycles. The van der Waals surface area contributed by atoms with Crippen molar-refractivity contribution in [1.82, 2.24) is 29.5 Å². The van der Waals surface area contributed by atoms with Crippen LogP contribution in [0.25, 0.3) is 28.3 Å². The number of benzene rings is 1. The van der Waals surface area contributed by atoms with Gasteiger partial charge < -0.3 is 9.40 Å². The van der Waals surface area contributed by atoms with E-state index < -0.39 is 0 Å². The van der Waals surface area contributed by atoms with Crippen molar-refractivity contribution in [2.45, 2.75) is 6.42 Å². The van der Waals surface area contributed by atoms with Gasteiger partial charge in [-0.05, 0) is 23.6 Å². The fourth-order valence-electron chi connectivity index (χ4n) is 2.85. The van der Waals surface area contributed by atoms with Crippen LogP contribution >= 0.6 is 0 Å². The molecule has 0 aliphatic carbocycles. The monoisotopic (exact) mass is 344 g/mol. The number of imidazole rings is 1. The van der Waals surface area contributed by atoms with Gasteiger partial charge in [-0.1, -0.05) is 18.2 Å². The summed E-state index contributed by atoms with van der Waals surface area (Å²) in [5.41, 5.74) is 1.73. The number of hydrogen-bond acceptors (Lipinski definition) is 6. The molecule has 5 aromatic rings. The normalized spacial score (nSPS) is 11.4. The number of aromatic amines is 1. The summed E-state index contributed by atoms with van der Waals surface area (Å²) in [6.07, 6.45) is 5.52. The van der Waals surface area contributed by atoms with E-state index >= 15 is 0 Å². The molecule has 0 saturated carbocycles. The van der Waals surface area contributed by atoms with Crippen LogP contribution in [0.5, 0.6) is 0 Å². The third-order valence-electron chi connectivity index (χ3n) is 4.09. The number of aromatic nitrogens is 6. The lowest BCUT2D eigenvalue weighted by molar-refractivity contribution is 0.516. The van der Waals surface area contributed by atoms with Crippen LogP contribution in [0, 0.1) is 0 Å². The highest BCUT2D eigenvalue weighted by Gasteiger charge is 2.14. The molecule has 1 aromatic carbocycles. The Morgan fingerprint density at radius 3 is 3.00 bits per heavy atom. The highest BCUT2D eigenvalue weighted by Crippen LogP contribution is 2.18. The van der Waals surface area contributed by atoms with Crippen molar-refractivity contribution in [3.05, 3.63) is 76.8 Å². The minimum Gasteiger partial charge on any atom is -0.419 e. The second-order valence-corrected chi connectivity index (χ2v) is 5.84. The molecule has 0 unspecified atom stereocenters. The molecule has 5 rings (SSSR count). The number of hydrogen-bond donors (Lipinski definition) is 1. The average Bonchev–Trinajstić information content (AvgIpc) is 3.28. The second-order valence-electron chi connectivity index (χ2n) is 5.84. The number of fused-ring (bicyclic) bond motifs is 2. The molecule has 8 nitrogen and oxygen atoms in total. The minimum atomic E-state index is -0.166. The van der Waals surface area contributed by atoms with Crippen molar-refractivity contribution >= 4 is 16.7 Å². The Morgan fingerprint density at radius 1 is 1.15 bits per heavy atom. The molecule has 0 amide bonds. The van der Waals surface area contributed by atoms with Gasteiger partial charge in [0, 0.05) is 29.7 Å². The molecule has 0 aliphatic heterocycles. The van der Waals surface area contributed by atoms with E-state index in [-0.39, 0.29) is 12.0 Å². The maximum atomic E-state index is 12.3. The van der Waals surface area contributed by atoms with Crippen LogP contribution in [0.3, 0.4) is 0 Å². The number of rotatable bonds is 3. The zero-order valence-corrected chi connectivity index (χ0v) is 13.5. The first-order valence-corrected chi connectivity index (χ1v) is 8.00. The minimum absolute atomic E-state index is 0.166. The van der Waals surface area contributed by atoms with Crippen LogP contribution in [0.1, 0.15) is 11.5 Å². The summed E-state index contributed by atoms with van der Waals surface area (Å²) in [7, 11) is 0. The van der Waals surface area contributed by atoms with Crippen molar-refractivity contribution in [3.8, 4) is 11.6 Å². The zero-order chi connectivity index (χ0) is 17.5. The topological polar surface area (TPSA) is 102 Å². The van der Waals surface area contributed by atoms with E-state index in [1.807, 2.05) is 42.6 Å². The summed E-state index contributed by atoms with van der Waals surface area (Å²) in [6.45, 7) is 0. The first kappa shape index (κ1) is 14.5. The third-order valence-corrected chi connectivity index (χ3v) is 4.09. The predicted octanol–water partition coefficient (Wildman–Crippen LogP) is 2.21. The number of pyridine rings is 1. The molecule has 0 fully saturated rings. The van der Waals surface area contributed by atoms with Crippen molar-refractivity contribution in [2.24, 2.45) is 0 Å². The van der Waals surface area contributed by atoms with Gasteiger partial charge in [-0.3, -0.25) is 9.20 Å². The Kier molecular flexibility index (Phi) is 3.14. The van der Waals surface area contributed by atoms with Gasteiger partial charge in [0.15, 0.2) is 0 Å². The van der Waals surface area contributed by atoms with Crippen LogP contribution in [0.15, 0.2) is 64.2 Å². The zero-order valence-electron chi connectivity index (χ0n) is 13.5. The standard InChI is InChI=1S/C18H12N6O2/c25-16-12(8-11-4-1-2-5-13(11)20-16)9-15-22-23-17(26-15)14-10-24-7-3-6-19-18(24)21-14/h1-8,10H,9H2,(H,20,25). The molecule has 0 spiro atoms. The molecular weight excluding hydrogens is 332 g/mol. The maximum absolute atomic E-state index is 12.3. The summed E-state index contributed by atoms with van der Waals surface area (Å²) >= 11 is 0. The summed E-state index contributed by atoms with van der Waals surface area (Å²) in [5, 5.41) is 9.03. The lowest BCUT2D eigenvalue weighted by Gasteiger charge is -2.00.